The zero-order valence-corrected chi connectivity index (χ0v) is 15.4. The Kier molecular flexibility index (Phi) is 5.39. The highest BCUT2D eigenvalue weighted by Crippen LogP contribution is 2.25. The summed E-state index contributed by atoms with van der Waals surface area (Å²) in [5.41, 5.74) is 0.954. The number of amides is 4. The summed E-state index contributed by atoms with van der Waals surface area (Å²) >= 11 is 0. The SMILES string of the molecule is CCOC(=O)c1ccc(-c2ccc(/C=C3\C(=O)NC(=O)N(CC)C3=O)o2)cc1. The number of hydrogen-bond donors (Lipinski definition) is 1. The van der Waals surface area contributed by atoms with Gasteiger partial charge in [0.2, 0.25) is 0 Å². The predicted molar refractivity (Wildman–Crippen MR) is 99.0 cm³/mol. The van der Waals surface area contributed by atoms with Crippen molar-refractivity contribution < 1.29 is 28.3 Å². The maximum Gasteiger partial charge on any atom is 0.338 e. The molecule has 0 atom stereocenters. The van der Waals surface area contributed by atoms with Crippen LogP contribution in [0.4, 0.5) is 4.79 Å². The van der Waals surface area contributed by atoms with E-state index in [1.807, 2.05) is 0 Å². The Morgan fingerprint density at radius 1 is 1.11 bits per heavy atom. The van der Waals surface area contributed by atoms with Gasteiger partial charge in [-0.05, 0) is 44.2 Å². The van der Waals surface area contributed by atoms with Crippen molar-refractivity contribution in [1.29, 1.82) is 0 Å². The number of ether oxygens (including phenoxy) is 1. The molecule has 1 aliphatic rings. The molecule has 3 rings (SSSR count). The third-order valence-corrected chi connectivity index (χ3v) is 4.10. The molecule has 4 amide bonds. The molecule has 28 heavy (non-hydrogen) atoms. The van der Waals surface area contributed by atoms with Crippen molar-refractivity contribution in [1.82, 2.24) is 10.2 Å². The molecule has 8 heteroatoms. The smallest absolute Gasteiger partial charge is 0.338 e. The summed E-state index contributed by atoms with van der Waals surface area (Å²) in [7, 11) is 0. The first-order chi connectivity index (χ1) is 13.4. The maximum atomic E-state index is 12.3. The van der Waals surface area contributed by atoms with Crippen molar-refractivity contribution in [3.8, 4) is 11.3 Å². The van der Waals surface area contributed by atoms with E-state index in [1.165, 1.54) is 6.08 Å². The Morgan fingerprint density at radius 2 is 1.82 bits per heavy atom. The fourth-order valence-corrected chi connectivity index (χ4v) is 2.69. The third kappa shape index (κ3) is 3.71. The number of benzene rings is 1. The van der Waals surface area contributed by atoms with Crippen LogP contribution in [0.5, 0.6) is 0 Å². The minimum absolute atomic E-state index is 0.144. The monoisotopic (exact) mass is 382 g/mol. The van der Waals surface area contributed by atoms with Crippen LogP contribution in [-0.4, -0.2) is 41.9 Å². The molecule has 1 saturated heterocycles. The van der Waals surface area contributed by atoms with Crippen LogP contribution < -0.4 is 5.32 Å². The Hall–Kier alpha value is -3.68. The molecule has 8 nitrogen and oxygen atoms in total. The Bertz CT molecular complexity index is 971. The number of rotatable bonds is 5. The van der Waals surface area contributed by atoms with Crippen LogP contribution in [0, 0.1) is 0 Å². The lowest BCUT2D eigenvalue weighted by molar-refractivity contribution is -0.129. The summed E-state index contributed by atoms with van der Waals surface area (Å²) in [6.07, 6.45) is 1.29. The standard InChI is InChI=1S/C20H18N2O6/c1-3-22-18(24)15(17(23)21-20(22)26)11-14-9-10-16(28-14)12-5-7-13(8-6-12)19(25)27-4-2/h5-11H,3-4H2,1-2H3,(H,21,23,26)/b15-11+. The van der Waals surface area contributed by atoms with Gasteiger partial charge < -0.3 is 9.15 Å². The van der Waals surface area contributed by atoms with Gasteiger partial charge in [0.05, 0.1) is 12.2 Å². The molecule has 144 valence electrons. The number of likely N-dealkylation sites (N-methyl/N-ethyl adjacent to an activating group) is 1. The second kappa shape index (κ2) is 7.91. The highest BCUT2D eigenvalue weighted by Gasteiger charge is 2.34. The zero-order valence-electron chi connectivity index (χ0n) is 15.4. The van der Waals surface area contributed by atoms with Gasteiger partial charge in [-0.15, -0.1) is 0 Å². The fourth-order valence-electron chi connectivity index (χ4n) is 2.69. The van der Waals surface area contributed by atoms with E-state index in [1.54, 1.807) is 50.2 Å². The Morgan fingerprint density at radius 3 is 2.46 bits per heavy atom. The van der Waals surface area contributed by atoms with Gasteiger partial charge in [0.15, 0.2) is 0 Å². The lowest BCUT2D eigenvalue weighted by atomic mass is 10.1. The van der Waals surface area contributed by atoms with Crippen molar-refractivity contribution in [2.45, 2.75) is 13.8 Å². The highest BCUT2D eigenvalue weighted by atomic mass is 16.5. The summed E-state index contributed by atoms with van der Waals surface area (Å²) in [6.45, 7) is 3.81. The van der Waals surface area contributed by atoms with E-state index in [-0.39, 0.29) is 17.9 Å². The molecular weight excluding hydrogens is 364 g/mol. The quantitative estimate of drug-likeness (QED) is 0.484. The predicted octanol–water partition coefficient (Wildman–Crippen LogP) is 2.61. The molecule has 1 fully saturated rings. The van der Waals surface area contributed by atoms with E-state index in [0.717, 1.165) is 4.90 Å². The number of carbonyl (C=O) groups excluding carboxylic acids is 4. The molecule has 0 radical (unpaired) electrons. The molecule has 1 aromatic carbocycles. The van der Waals surface area contributed by atoms with E-state index in [4.69, 9.17) is 9.15 Å². The molecular formula is C20H18N2O6. The zero-order chi connectivity index (χ0) is 20.3. The van der Waals surface area contributed by atoms with Crippen molar-refractivity contribution in [3.05, 3.63) is 53.3 Å². The molecule has 0 aliphatic carbocycles. The third-order valence-electron chi connectivity index (χ3n) is 4.10. The molecule has 0 spiro atoms. The van der Waals surface area contributed by atoms with E-state index in [0.29, 0.717) is 23.5 Å². The Balaban J connectivity index is 1.83. The number of imide groups is 2. The average molecular weight is 382 g/mol. The minimum atomic E-state index is -0.767. The summed E-state index contributed by atoms with van der Waals surface area (Å²) < 4.78 is 10.6. The number of nitrogens with zero attached hydrogens (tertiary/aromatic N) is 1. The van der Waals surface area contributed by atoms with Gasteiger partial charge in [-0.25, -0.2) is 9.59 Å². The maximum absolute atomic E-state index is 12.3. The van der Waals surface area contributed by atoms with Gasteiger partial charge in [-0.3, -0.25) is 19.8 Å². The van der Waals surface area contributed by atoms with Crippen molar-refractivity contribution in [2.75, 3.05) is 13.2 Å². The average Bonchev–Trinajstić information content (AvgIpc) is 3.14. The minimum Gasteiger partial charge on any atom is -0.462 e. The molecule has 0 unspecified atom stereocenters. The van der Waals surface area contributed by atoms with Crippen LogP contribution in [0.15, 0.2) is 46.4 Å². The fraction of sp³-hybridized carbons (Fsp3) is 0.200. The van der Waals surface area contributed by atoms with E-state index >= 15 is 0 Å². The molecule has 0 bridgehead atoms. The van der Waals surface area contributed by atoms with Crippen LogP contribution in [0.3, 0.4) is 0 Å². The number of urea groups is 1. The summed E-state index contributed by atoms with van der Waals surface area (Å²) in [4.78, 5) is 48.6. The van der Waals surface area contributed by atoms with E-state index < -0.39 is 23.8 Å². The summed E-state index contributed by atoms with van der Waals surface area (Å²) in [5.74, 6) is -1.07. The van der Waals surface area contributed by atoms with Crippen LogP contribution in [-0.2, 0) is 14.3 Å². The number of hydrogen-bond acceptors (Lipinski definition) is 6. The second-order valence-corrected chi connectivity index (χ2v) is 5.87. The molecule has 2 aromatic rings. The van der Waals surface area contributed by atoms with E-state index in [9.17, 15) is 19.2 Å². The van der Waals surface area contributed by atoms with Gasteiger partial charge in [0.25, 0.3) is 11.8 Å². The highest BCUT2D eigenvalue weighted by molar-refractivity contribution is 6.30. The second-order valence-electron chi connectivity index (χ2n) is 5.87. The molecule has 1 aliphatic heterocycles. The van der Waals surface area contributed by atoms with Crippen LogP contribution >= 0.6 is 0 Å². The van der Waals surface area contributed by atoms with Crippen molar-refractivity contribution >= 4 is 29.9 Å². The van der Waals surface area contributed by atoms with Crippen molar-refractivity contribution in [2.24, 2.45) is 0 Å². The van der Waals surface area contributed by atoms with Crippen LogP contribution in [0.2, 0.25) is 0 Å². The molecule has 2 heterocycles. The summed E-state index contributed by atoms with van der Waals surface area (Å²) in [6, 6.07) is 9.20. The van der Waals surface area contributed by atoms with Gasteiger partial charge in [-0.1, -0.05) is 12.1 Å². The molecule has 1 aromatic heterocycles. The molecule has 1 N–H and O–H groups in total. The van der Waals surface area contributed by atoms with Gasteiger partial charge in [0, 0.05) is 12.1 Å². The van der Waals surface area contributed by atoms with E-state index in [2.05, 4.69) is 5.32 Å². The van der Waals surface area contributed by atoms with Gasteiger partial charge in [-0.2, -0.15) is 0 Å². The number of esters is 1. The van der Waals surface area contributed by atoms with Crippen molar-refractivity contribution in [3.63, 3.8) is 0 Å². The number of carbonyl (C=O) groups is 4. The Labute approximate surface area is 160 Å². The number of furan rings is 1. The summed E-state index contributed by atoms with van der Waals surface area (Å²) in [5, 5.41) is 2.12. The van der Waals surface area contributed by atoms with Gasteiger partial charge in [0.1, 0.15) is 17.1 Å². The normalized spacial score (nSPS) is 15.7. The van der Waals surface area contributed by atoms with Crippen LogP contribution in [0.25, 0.3) is 17.4 Å². The largest absolute Gasteiger partial charge is 0.462 e. The topological polar surface area (TPSA) is 106 Å². The number of barbiturate groups is 1. The lowest BCUT2D eigenvalue weighted by Gasteiger charge is -2.24. The van der Waals surface area contributed by atoms with Crippen LogP contribution in [0.1, 0.15) is 30.0 Å². The first-order valence-electron chi connectivity index (χ1n) is 8.70. The first kappa shape index (κ1) is 19.1. The lowest BCUT2D eigenvalue weighted by Crippen LogP contribution is -2.53. The van der Waals surface area contributed by atoms with Gasteiger partial charge >= 0.3 is 12.0 Å². The molecule has 0 saturated carbocycles. The first-order valence-corrected chi connectivity index (χ1v) is 8.70. The number of nitrogens with one attached hydrogen (secondary N) is 1.